The molecule has 0 bridgehead atoms. The Balaban J connectivity index is 1.83. The molecule has 2 fully saturated rings. The maximum absolute atomic E-state index is 2.57. The zero-order valence-electron chi connectivity index (χ0n) is 11.6. The van der Waals surface area contributed by atoms with E-state index >= 15 is 0 Å². The zero-order valence-corrected chi connectivity index (χ0v) is 11.6. The van der Waals surface area contributed by atoms with Gasteiger partial charge in [0.05, 0.1) is 0 Å². The fourth-order valence-electron chi connectivity index (χ4n) is 4.21. The molecule has 0 aliphatic heterocycles. The maximum Gasteiger partial charge on any atom is -0.0321 e. The molecule has 0 radical (unpaired) electrons. The van der Waals surface area contributed by atoms with Crippen LogP contribution in [-0.4, -0.2) is 0 Å². The van der Waals surface area contributed by atoms with Crippen molar-refractivity contribution in [1.29, 1.82) is 0 Å². The summed E-state index contributed by atoms with van der Waals surface area (Å²) in [7, 11) is 0. The van der Waals surface area contributed by atoms with E-state index < -0.39 is 0 Å². The molecule has 2 saturated carbocycles. The van der Waals surface area contributed by atoms with Crippen LogP contribution in [0.5, 0.6) is 0 Å². The maximum atomic E-state index is 2.57. The zero-order chi connectivity index (χ0) is 11.6. The molecule has 0 heterocycles. The molecule has 0 nitrogen and oxygen atoms in total. The third kappa shape index (κ3) is 3.02. The first-order valence-corrected chi connectivity index (χ1v) is 7.61. The molecule has 0 aromatic rings. The van der Waals surface area contributed by atoms with Gasteiger partial charge < -0.3 is 0 Å². The van der Waals surface area contributed by atoms with Gasteiger partial charge in [-0.1, -0.05) is 46.5 Å². The average molecular weight is 222 g/mol. The van der Waals surface area contributed by atoms with Crippen LogP contribution >= 0.6 is 0 Å². The topological polar surface area (TPSA) is 0 Å². The summed E-state index contributed by atoms with van der Waals surface area (Å²) in [5.74, 6) is 3.11. The van der Waals surface area contributed by atoms with Crippen LogP contribution in [0.1, 0.15) is 78.6 Å². The lowest BCUT2D eigenvalue weighted by molar-refractivity contribution is 0.0890. The monoisotopic (exact) mass is 222 g/mol. The van der Waals surface area contributed by atoms with Crippen LogP contribution in [0.25, 0.3) is 0 Å². The molecule has 2 aliphatic carbocycles. The van der Waals surface area contributed by atoms with Crippen LogP contribution in [0.4, 0.5) is 0 Å². The molecule has 16 heavy (non-hydrogen) atoms. The lowest BCUT2D eigenvalue weighted by atomic mass is 9.63. The third-order valence-electron chi connectivity index (χ3n) is 5.32. The lowest BCUT2D eigenvalue weighted by Gasteiger charge is -2.42. The predicted octanol–water partition coefficient (Wildman–Crippen LogP) is 5.42. The van der Waals surface area contributed by atoms with E-state index in [-0.39, 0.29) is 0 Å². The highest BCUT2D eigenvalue weighted by Gasteiger charge is 2.35. The van der Waals surface area contributed by atoms with Crippen molar-refractivity contribution in [2.24, 2.45) is 23.2 Å². The van der Waals surface area contributed by atoms with Gasteiger partial charge in [0, 0.05) is 0 Å². The second-order valence-corrected chi connectivity index (χ2v) is 7.17. The van der Waals surface area contributed by atoms with Gasteiger partial charge in [0.1, 0.15) is 0 Å². The highest BCUT2D eigenvalue weighted by atomic mass is 14.4. The smallest absolute Gasteiger partial charge is 0.0321 e. The van der Waals surface area contributed by atoms with Gasteiger partial charge in [0.25, 0.3) is 0 Å². The van der Waals surface area contributed by atoms with Gasteiger partial charge in [0.15, 0.2) is 0 Å². The largest absolute Gasteiger partial charge is 0.0651 e. The van der Waals surface area contributed by atoms with Crippen molar-refractivity contribution < 1.29 is 0 Å². The average Bonchev–Trinajstić information content (AvgIpc) is 2.13. The van der Waals surface area contributed by atoms with E-state index in [2.05, 4.69) is 20.8 Å². The molecule has 0 aromatic carbocycles. The molecule has 0 amide bonds. The number of rotatable bonds is 4. The van der Waals surface area contributed by atoms with Crippen molar-refractivity contribution in [3.05, 3.63) is 0 Å². The molecular formula is C16H30. The Morgan fingerprint density at radius 1 is 1.12 bits per heavy atom. The lowest BCUT2D eigenvalue weighted by Crippen LogP contribution is -2.31. The number of hydrogen-bond acceptors (Lipinski definition) is 0. The summed E-state index contributed by atoms with van der Waals surface area (Å²) in [5.41, 5.74) is 0.688. The Bertz CT molecular complexity index is 216. The molecule has 0 heteroatoms. The van der Waals surface area contributed by atoms with Crippen molar-refractivity contribution >= 4 is 0 Å². The van der Waals surface area contributed by atoms with E-state index in [0.29, 0.717) is 5.41 Å². The molecule has 2 aliphatic rings. The van der Waals surface area contributed by atoms with Gasteiger partial charge in [-0.25, -0.2) is 0 Å². The SMILES string of the molecule is CCC1CC(C)CC(C)(CCC2CCC2)C1. The minimum atomic E-state index is 0.688. The van der Waals surface area contributed by atoms with E-state index in [1.54, 1.807) is 0 Å². The molecule has 2 rings (SSSR count). The fraction of sp³-hybridized carbons (Fsp3) is 1.00. The second-order valence-electron chi connectivity index (χ2n) is 7.17. The summed E-state index contributed by atoms with van der Waals surface area (Å²) in [6, 6.07) is 0. The molecular weight excluding hydrogens is 192 g/mol. The molecule has 0 N–H and O–H groups in total. The van der Waals surface area contributed by atoms with Crippen molar-refractivity contribution in [1.82, 2.24) is 0 Å². The van der Waals surface area contributed by atoms with Gasteiger partial charge in [0.2, 0.25) is 0 Å². The minimum Gasteiger partial charge on any atom is -0.0651 e. The van der Waals surface area contributed by atoms with Crippen molar-refractivity contribution in [2.45, 2.75) is 78.6 Å². The second kappa shape index (κ2) is 5.10. The van der Waals surface area contributed by atoms with Crippen molar-refractivity contribution in [2.75, 3.05) is 0 Å². The van der Waals surface area contributed by atoms with E-state index in [1.165, 1.54) is 57.8 Å². The van der Waals surface area contributed by atoms with Gasteiger partial charge in [-0.3, -0.25) is 0 Å². The molecule has 3 atom stereocenters. The normalized spacial score (nSPS) is 40.7. The first kappa shape index (κ1) is 12.5. The summed E-state index contributed by atoms with van der Waals surface area (Å²) in [4.78, 5) is 0. The van der Waals surface area contributed by atoms with Crippen molar-refractivity contribution in [3.8, 4) is 0 Å². The summed E-state index contributed by atoms with van der Waals surface area (Å²) in [5, 5.41) is 0. The Hall–Kier alpha value is 0. The van der Waals surface area contributed by atoms with Crippen LogP contribution in [0.2, 0.25) is 0 Å². The molecule has 0 saturated heterocycles. The third-order valence-corrected chi connectivity index (χ3v) is 5.32. The quantitative estimate of drug-likeness (QED) is 0.596. The van der Waals surface area contributed by atoms with Gasteiger partial charge in [-0.15, -0.1) is 0 Å². The summed E-state index contributed by atoms with van der Waals surface area (Å²) in [6.45, 7) is 7.43. The van der Waals surface area contributed by atoms with E-state index in [1.807, 2.05) is 0 Å². The van der Waals surface area contributed by atoms with Crippen LogP contribution in [0.15, 0.2) is 0 Å². The summed E-state index contributed by atoms with van der Waals surface area (Å²) >= 11 is 0. The predicted molar refractivity (Wildman–Crippen MR) is 71.5 cm³/mol. The Labute approximate surface area is 102 Å². The summed E-state index contributed by atoms with van der Waals surface area (Å²) in [6.07, 6.45) is 13.5. The van der Waals surface area contributed by atoms with Gasteiger partial charge in [-0.05, 0) is 55.3 Å². The molecule has 0 spiro atoms. The molecule has 3 unspecified atom stereocenters. The number of hydrogen-bond donors (Lipinski definition) is 0. The Morgan fingerprint density at radius 2 is 1.88 bits per heavy atom. The molecule has 0 aromatic heterocycles. The Kier molecular flexibility index (Phi) is 3.97. The molecule has 94 valence electrons. The first-order valence-electron chi connectivity index (χ1n) is 7.61. The summed E-state index contributed by atoms with van der Waals surface area (Å²) < 4.78 is 0. The standard InChI is InChI=1S/C16H30/c1-4-14-10-13(2)11-16(3,12-14)9-8-15-6-5-7-15/h13-15H,4-12H2,1-3H3. The van der Waals surface area contributed by atoms with Gasteiger partial charge in [-0.2, -0.15) is 0 Å². The highest BCUT2D eigenvalue weighted by Crippen LogP contribution is 2.47. The van der Waals surface area contributed by atoms with Crippen LogP contribution in [-0.2, 0) is 0 Å². The Morgan fingerprint density at radius 3 is 2.44 bits per heavy atom. The van der Waals surface area contributed by atoms with Crippen LogP contribution in [0, 0.1) is 23.2 Å². The van der Waals surface area contributed by atoms with Crippen LogP contribution < -0.4 is 0 Å². The van der Waals surface area contributed by atoms with E-state index in [4.69, 9.17) is 0 Å². The highest BCUT2D eigenvalue weighted by molar-refractivity contribution is 4.86. The first-order chi connectivity index (χ1) is 7.61. The van der Waals surface area contributed by atoms with E-state index in [0.717, 1.165) is 17.8 Å². The fourth-order valence-corrected chi connectivity index (χ4v) is 4.21. The van der Waals surface area contributed by atoms with Crippen molar-refractivity contribution in [3.63, 3.8) is 0 Å². The van der Waals surface area contributed by atoms with Crippen LogP contribution in [0.3, 0.4) is 0 Å². The van der Waals surface area contributed by atoms with E-state index in [9.17, 15) is 0 Å². The van der Waals surface area contributed by atoms with Gasteiger partial charge >= 0.3 is 0 Å². The minimum absolute atomic E-state index is 0.688.